The molecular formula is C53H72N9O10+. The number of likely N-dealkylation sites (N-methyl/N-ethyl adjacent to an activating group) is 2. The molecule has 6 atom stereocenters. The van der Waals surface area contributed by atoms with Crippen LogP contribution >= 0.6 is 0 Å². The molecular weight excluding hydrogens is 923 g/mol. The van der Waals surface area contributed by atoms with E-state index in [1.807, 2.05) is 30.0 Å². The number of hydrazine groups is 1. The molecule has 0 radical (unpaired) electrons. The van der Waals surface area contributed by atoms with Crippen LogP contribution in [0.3, 0.4) is 0 Å². The Morgan fingerprint density at radius 3 is 2.56 bits per heavy atom. The second-order valence-electron chi connectivity index (χ2n) is 20.5. The third kappa shape index (κ3) is 12.1. The summed E-state index contributed by atoms with van der Waals surface area (Å²) < 4.78 is 13.1. The van der Waals surface area contributed by atoms with Crippen LogP contribution in [0.25, 0.3) is 33.3 Å². The SMILES string of the molecule is CCn1c(-c2cccnc2[C@H](C)OC)c2c3cc(ccc31)-c1cc(O)cc(c1)C[C@H](NC(=O)[C@H](C(C)C)N(C)C(=O)CN(C)C(=O)[C@H]1CN1CCCOC(C)=O)C(=O)N1CCC[C@H](N1)[N+](=O)OCC(C)(C)C2. The highest BCUT2D eigenvalue weighted by Gasteiger charge is 2.43. The maximum Gasteiger partial charge on any atom is 0.326 e. The number of carbonyl (C=O) groups excluding carboxylic acids is 5. The van der Waals surface area contributed by atoms with Crippen LogP contribution in [0.5, 0.6) is 5.75 Å². The zero-order valence-corrected chi connectivity index (χ0v) is 43.4. The van der Waals surface area contributed by atoms with Crippen molar-refractivity contribution in [1.82, 2.24) is 40.0 Å². The molecule has 0 saturated carbocycles. The lowest BCUT2D eigenvalue weighted by molar-refractivity contribution is -0.835. The molecule has 2 saturated heterocycles. The van der Waals surface area contributed by atoms with E-state index in [2.05, 4.69) is 54.3 Å². The molecule has 3 aliphatic heterocycles. The molecule has 6 bridgehead atoms. The smallest absolute Gasteiger partial charge is 0.326 e. The lowest BCUT2D eigenvalue weighted by atomic mass is 9.84. The highest BCUT2D eigenvalue weighted by atomic mass is 16.8. The summed E-state index contributed by atoms with van der Waals surface area (Å²) in [7, 11) is 4.71. The van der Waals surface area contributed by atoms with Crippen LogP contribution in [0.15, 0.2) is 54.7 Å². The number of phenols is 1. The van der Waals surface area contributed by atoms with Gasteiger partial charge in [-0.1, -0.05) is 39.8 Å². The number of hydrogen-bond donors (Lipinski definition) is 3. The number of aryl methyl sites for hydroxylation is 1. The van der Waals surface area contributed by atoms with Crippen LogP contribution in [0, 0.1) is 16.2 Å². The first-order valence-electron chi connectivity index (χ1n) is 25.0. The Labute approximate surface area is 421 Å². The average Bonchev–Trinajstić information content (AvgIpc) is 4.06. The highest BCUT2D eigenvalue weighted by molar-refractivity contribution is 5.96. The molecule has 2 aromatic heterocycles. The van der Waals surface area contributed by atoms with E-state index >= 15 is 0 Å². The Balaban J connectivity index is 1.22. The van der Waals surface area contributed by atoms with E-state index in [9.17, 15) is 34.0 Å². The third-order valence-corrected chi connectivity index (χ3v) is 14.0. The molecule has 0 aliphatic carbocycles. The molecule has 72 heavy (non-hydrogen) atoms. The molecule has 2 aromatic carbocycles. The molecule has 5 heterocycles. The highest BCUT2D eigenvalue weighted by Crippen LogP contribution is 2.42. The van der Waals surface area contributed by atoms with E-state index in [1.54, 1.807) is 46.3 Å². The molecule has 3 aliphatic rings. The first-order valence-corrected chi connectivity index (χ1v) is 25.0. The van der Waals surface area contributed by atoms with Gasteiger partial charge in [0.25, 0.3) is 5.91 Å². The van der Waals surface area contributed by atoms with Crippen LogP contribution < -0.4 is 10.7 Å². The number of esters is 1. The van der Waals surface area contributed by atoms with E-state index in [4.69, 9.17) is 19.3 Å². The fraction of sp³-hybridized carbons (Fsp3) is 0.547. The van der Waals surface area contributed by atoms with Crippen molar-refractivity contribution in [2.75, 3.05) is 60.6 Å². The van der Waals surface area contributed by atoms with Crippen molar-refractivity contribution in [3.8, 4) is 28.1 Å². The van der Waals surface area contributed by atoms with Crippen molar-refractivity contribution in [3.63, 3.8) is 0 Å². The minimum Gasteiger partial charge on any atom is -0.508 e. The van der Waals surface area contributed by atoms with Gasteiger partial charge in [-0.15, -0.1) is 0 Å². The summed E-state index contributed by atoms with van der Waals surface area (Å²) in [5.74, 6) is -2.63. The number of carbonyl (C=O) groups is 5. The minimum atomic E-state index is -1.22. The van der Waals surface area contributed by atoms with Crippen molar-refractivity contribution < 1.29 is 48.3 Å². The zero-order chi connectivity index (χ0) is 52.2. The Hall–Kier alpha value is -6.44. The van der Waals surface area contributed by atoms with Gasteiger partial charge in [-0.3, -0.25) is 38.9 Å². The maximum absolute atomic E-state index is 14.8. The van der Waals surface area contributed by atoms with Crippen molar-refractivity contribution in [2.45, 2.75) is 118 Å². The Morgan fingerprint density at radius 2 is 1.85 bits per heavy atom. The van der Waals surface area contributed by atoms with Gasteiger partial charge in [-0.25, -0.2) is 4.84 Å². The van der Waals surface area contributed by atoms with Gasteiger partial charge < -0.3 is 34.3 Å². The van der Waals surface area contributed by atoms with E-state index in [0.29, 0.717) is 61.4 Å². The summed E-state index contributed by atoms with van der Waals surface area (Å²) in [6.45, 7) is 15.1. The predicted octanol–water partition coefficient (Wildman–Crippen LogP) is 5.16. The summed E-state index contributed by atoms with van der Waals surface area (Å²) in [6.07, 6.45) is 2.42. The second kappa shape index (κ2) is 22.5. The summed E-state index contributed by atoms with van der Waals surface area (Å²) in [4.78, 5) is 97.5. The number of phenolic OH excluding ortho intramolecular Hbond substituents is 1. The van der Waals surface area contributed by atoms with E-state index in [1.165, 1.54) is 28.8 Å². The molecule has 19 nitrogen and oxygen atoms in total. The summed E-state index contributed by atoms with van der Waals surface area (Å²) in [6, 6.07) is 12.7. The number of aromatic nitrogens is 2. The normalized spacial score (nSPS) is 20.8. The standard InChI is InChI=1S/C53H71N9O10/c1-11-60-43-18-17-36-27-40(43)41(49(60)39-15-12-19-54-47(39)33(4)70-10)28-53(6,7)31-72-62(69)45-16-13-21-61(56-45)51(67)42(25-35-23-37(36)26-38(64)24-35)55-50(66)48(32(2)3)58(9)46(65)30-57(8)52(68)44-29-59(44)20-14-22-71-34(5)63/h12,15,17-19,23-24,26-27,32-33,42,44-45,48,56H,11,13-14,16,20-22,25,28-31H2,1-10H3,(H-,55,64,66)/p+1/t33-,42-,44+,45+,48-,59?/m0/s1. The summed E-state index contributed by atoms with van der Waals surface area (Å²) in [5, 5.41) is 16.6. The van der Waals surface area contributed by atoms with Crippen molar-refractivity contribution in [2.24, 2.45) is 11.3 Å². The molecule has 1 unspecified atom stereocenters. The molecule has 19 heteroatoms. The van der Waals surface area contributed by atoms with E-state index in [0.717, 1.165) is 39.0 Å². The first-order chi connectivity index (χ1) is 34.2. The van der Waals surface area contributed by atoms with Gasteiger partial charge >= 0.3 is 12.1 Å². The Bertz CT molecular complexity index is 2680. The van der Waals surface area contributed by atoms with E-state index < -0.39 is 53.3 Å². The van der Waals surface area contributed by atoms with Gasteiger partial charge in [0.05, 0.1) is 35.6 Å². The van der Waals surface area contributed by atoms with Gasteiger partial charge in [0.2, 0.25) is 22.6 Å². The lowest BCUT2D eigenvalue weighted by Gasteiger charge is -2.35. The number of pyridine rings is 1. The van der Waals surface area contributed by atoms with Crippen molar-refractivity contribution >= 4 is 40.5 Å². The monoisotopic (exact) mass is 995 g/mol. The number of nitrogens with one attached hydrogen (secondary N) is 2. The van der Waals surface area contributed by atoms with Crippen LogP contribution in [-0.4, -0.2) is 154 Å². The van der Waals surface area contributed by atoms with Crippen LogP contribution in [0.2, 0.25) is 0 Å². The average molecular weight is 995 g/mol. The summed E-state index contributed by atoms with van der Waals surface area (Å²) >= 11 is 0. The van der Waals surface area contributed by atoms with Crippen molar-refractivity contribution in [3.05, 3.63) is 76.5 Å². The molecule has 2 fully saturated rings. The number of methoxy groups -OCH3 is 1. The number of ether oxygens (including phenoxy) is 2. The van der Waals surface area contributed by atoms with Crippen molar-refractivity contribution in [1.29, 1.82) is 0 Å². The van der Waals surface area contributed by atoms with Crippen LogP contribution in [-0.2, 0) is 57.7 Å². The van der Waals surface area contributed by atoms with Crippen LogP contribution in [0.1, 0.15) is 90.7 Å². The fourth-order valence-electron chi connectivity index (χ4n) is 10.1. The zero-order valence-electron chi connectivity index (χ0n) is 43.4. The quantitative estimate of drug-likeness (QED) is 0.0801. The Kier molecular flexibility index (Phi) is 16.7. The lowest BCUT2D eigenvalue weighted by Crippen LogP contribution is -2.62. The number of nitrogens with zero attached hydrogens (tertiary/aromatic N) is 7. The predicted molar refractivity (Wildman–Crippen MR) is 270 cm³/mol. The summed E-state index contributed by atoms with van der Waals surface area (Å²) in [5.41, 5.74) is 9.28. The van der Waals surface area contributed by atoms with Gasteiger partial charge in [-0.2, -0.15) is 5.43 Å². The molecule has 7 rings (SSSR count). The van der Waals surface area contributed by atoms with Gasteiger partial charge in [-0.05, 0) is 97.7 Å². The molecule has 388 valence electrons. The number of aromatic hydroxyl groups is 1. The molecule has 4 amide bonds. The first kappa shape index (κ1) is 53.4. The molecule has 4 aromatic rings. The number of amides is 4. The number of benzene rings is 2. The Morgan fingerprint density at radius 1 is 1.08 bits per heavy atom. The largest absolute Gasteiger partial charge is 0.508 e. The minimum absolute atomic E-state index is 0.0352. The number of hydrogen-bond acceptors (Lipinski definition) is 13. The second-order valence-corrected chi connectivity index (χ2v) is 20.5. The van der Waals surface area contributed by atoms with Crippen LogP contribution in [0.4, 0.5) is 0 Å². The van der Waals surface area contributed by atoms with Gasteiger partial charge in [0.15, 0.2) is 6.61 Å². The van der Waals surface area contributed by atoms with Gasteiger partial charge in [0.1, 0.15) is 23.9 Å². The van der Waals surface area contributed by atoms with Gasteiger partial charge in [0, 0.05) is 95.2 Å². The van der Waals surface area contributed by atoms with E-state index in [-0.39, 0.29) is 56.5 Å². The number of fused-ring (bicyclic) bond motifs is 6. The third-order valence-electron chi connectivity index (χ3n) is 14.0. The molecule has 0 spiro atoms. The fourth-order valence-corrected chi connectivity index (χ4v) is 10.1. The number of rotatable bonds is 15. The maximum atomic E-state index is 14.8. The topological polar surface area (TPSA) is 208 Å². The molecule has 3 N–H and O–H groups in total.